The molecule has 2 aromatic rings. The third kappa shape index (κ3) is 3.72. The average Bonchev–Trinajstić information content (AvgIpc) is 3.33. The first-order chi connectivity index (χ1) is 10.7. The monoisotopic (exact) mass is 297 g/mol. The topological polar surface area (TPSA) is 92.9 Å². The van der Waals surface area contributed by atoms with Crippen molar-refractivity contribution in [1.29, 1.82) is 0 Å². The molecule has 4 N–H and O–H groups in total. The van der Waals surface area contributed by atoms with E-state index in [1.807, 2.05) is 36.5 Å². The van der Waals surface area contributed by atoms with Crippen molar-refractivity contribution < 1.29 is 4.79 Å². The Morgan fingerprint density at radius 1 is 1.27 bits per heavy atom. The Morgan fingerprint density at radius 3 is 2.73 bits per heavy atom. The number of carbonyl (C=O) groups excluding carboxylic acids is 1. The Morgan fingerprint density at radius 2 is 2.05 bits per heavy atom. The van der Waals surface area contributed by atoms with E-state index < -0.39 is 0 Å². The Bertz CT molecular complexity index is 655. The molecule has 0 aliphatic heterocycles. The number of amides is 1. The molecule has 6 heteroatoms. The minimum atomic E-state index is -0.322. The van der Waals surface area contributed by atoms with Crippen LogP contribution in [0.25, 0.3) is 0 Å². The number of hydrogen-bond donors (Lipinski definition) is 3. The summed E-state index contributed by atoms with van der Waals surface area (Å²) in [5, 5.41) is 6.38. The number of nitrogens with one attached hydrogen (secondary N) is 2. The highest BCUT2D eigenvalue weighted by atomic mass is 16.1. The first-order valence-corrected chi connectivity index (χ1v) is 7.43. The second-order valence-corrected chi connectivity index (χ2v) is 5.41. The maximum atomic E-state index is 10.9. The first-order valence-electron chi connectivity index (χ1n) is 7.43. The number of aromatic nitrogens is 2. The van der Waals surface area contributed by atoms with Gasteiger partial charge >= 0.3 is 0 Å². The number of para-hydroxylation sites is 1. The van der Waals surface area contributed by atoms with Crippen molar-refractivity contribution >= 4 is 23.4 Å². The van der Waals surface area contributed by atoms with E-state index in [0.29, 0.717) is 18.4 Å². The van der Waals surface area contributed by atoms with Gasteiger partial charge in [0.2, 0.25) is 11.9 Å². The molecule has 1 amide bonds. The van der Waals surface area contributed by atoms with Crippen LogP contribution in [-0.4, -0.2) is 22.4 Å². The largest absolute Gasteiger partial charge is 0.370 e. The summed E-state index contributed by atoms with van der Waals surface area (Å²) in [5.74, 6) is 1.54. The van der Waals surface area contributed by atoms with Crippen LogP contribution in [0, 0.1) is 0 Å². The van der Waals surface area contributed by atoms with Gasteiger partial charge in [0.25, 0.3) is 0 Å². The van der Waals surface area contributed by atoms with Crippen molar-refractivity contribution in [2.45, 2.75) is 25.2 Å². The van der Waals surface area contributed by atoms with E-state index in [1.54, 1.807) is 0 Å². The van der Waals surface area contributed by atoms with Gasteiger partial charge in [-0.3, -0.25) is 4.79 Å². The van der Waals surface area contributed by atoms with Gasteiger partial charge in [0.15, 0.2) is 0 Å². The lowest BCUT2D eigenvalue weighted by Gasteiger charge is -2.12. The number of benzene rings is 1. The Kier molecular flexibility index (Phi) is 4.18. The van der Waals surface area contributed by atoms with E-state index in [9.17, 15) is 4.79 Å². The van der Waals surface area contributed by atoms with E-state index in [-0.39, 0.29) is 12.3 Å². The third-order valence-corrected chi connectivity index (χ3v) is 3.53. The molecule has 0 spiro atoms. The van der Waals surface area contributed by atoms with Crippen LogP contribution in [-0.2, 0) is 4.79 Å². The quantitative estimate of drug-likeness (QED) is 0.729. The summed E-state index contributed by atoms with van der Waals surface area (Å²) in [6.07, 6.45) is 4.48. The van der Waals surface area contributed by atoms with Crippen molar-refractivity contribution in [3.05, 3.63) is 42.1 Å². The maximum absolute atomic E-state index is 10.9. The molecular weight excluding hydrogens is 278 g/mol. The molecule has 6 nitrogen and oxygen atoms in total. The minimum absolute atomic E-state index is 0.287. The second-order valence-electron chi connectivity index (χ2n) is 5.41. The Labute approximate surface area is 129 Å². The van der Waals surface area contributed by atoms with Gasteiger partial charge in [0.05, 0.1) is 0 Å². The average molecular weight is 297 g/mol. The van der Waals surface area contributed by atoms with Crippen LogP contribution in [0.1, 0.15) is 30.7 Å². The molecule has 1 saturated carbocycles. The lowest BCUT2D eigenvalue weighted by Crippen LogP contribution is -2.17. The van der Waals surface area contributed by atoms with E-state index in [0.717, 1.165) is 17.1 Å². The molecule has 0 saturated heterocycles. The van der Waals surface area contributed by atoms with Crippen molar-refractivity contribution in [2.24, 2.45) is 5.73 Å². The molecule has 3 rings (SSSR count). The summed E-state index contributed by atoms with van der Waals surface area (Å²) in [5.41, 5.74) is 7.22. The van der Waals surface area contributed by atoms with E-state index in [1.165, 1.54) is 12.8 Å². The number of primary amides is 1. The van der Waals surface area contributed by atoms with Gasteiger partial charge in [0, 0.05) is 30.4 Å². The zero-order valence-electron chi connectivity index (χ0n) is 12.2. The predicted octanol–water partition coefficient (Wildman–Crippen LogP) is 2.38. The van der Waals surface area contributed by atoms with Gasteiger partial charge in [-0.25, -0.2) is 4.98 Å². The smallest absolute Gasteiger partial charge is 0.229 e. The highest BCUT2D eigenvalue weighted by Gasteiger charge is 2.27. The third-order valence-electron chi connectivity index (χ3n) is 3.53. The van der Waals surface area contributed by atoms with Crippen molar-refractivity contribution in [1.82, 2.24) is 9.97 Å². The molecule has 0 bridgehead atoms. The molecule has 22 heavy (non-hydrogen) atoms. The van der Waals surface area contributed by atoms with Gasteiger partial charge in [-0.1, -0.05) is 18.2 Å². The van der Waals surface area contributed by atoms with Crippen LogP contribution in [0.4, 0.5) is 17.5 Å². The lowest BCUT2D eigenvalue weighted by molar-refractivity contribution is -0.117. The summed E-state index contributed by atoms with van der Waals surface area (Å²) in [6.45, 7) is 0.483. The number of nitrogens with zero attached hydrogens (tertiary/aromatic N) is 2. The van der Waals surface area contributed by atoms with E-state index in [2.05, 4.69) is 20.6 Å². The Balaban J connectivity index is 1.75. The van der Waals surface area contributed by atoms with Gasteiger partial charge in [-0.05, 0) is 30.9 Å². The standard InChI is InChI=1S/C16H19N5O/c17-14(22)8-9-18-15-13(11-6-7-11)10-19-16(21-15)20-12-4-2-1-3-5-12/h1-5,10-11H,6-9H2,(H2,17,22)(H2,18,19,20,21). The molecule has 0 atom stereocenters. The number of nitrogens with two attached hydrogens (primary N) is 1. The second kappa shape index (κ2) is 6.43. The van der Waals surface area contributed by atoms with Crippen molar-refractivity contribution in [3.63, 3.8) is 0 Å². The Hall–Kier alpha value is -2.63. The minimum Gasteiger partial charge on any atom is -0.370 e. The van der Waals surface area contributed by atoms with Crippen LogP contribution in [0.5, 0.6) is 0 Å². The van der Waals surface area contributed by atoms with Gasteiger partial charge < -0.3 is 16.4 Å². The fourth-order valence-corrected chi connectivity index (χ4v) is 2.24. The van der Waals surface area contributed by atoms with Crippen molar-refractivity contribution in [2.75, 3.05) is 17.2 Å². The lowest BCUT2D eigenvalue weighted by atomic mass is 10.2. The van der Waals surface area contributed by atoms with E-state index in [4.69, 9.17) is 5.73 Å². The fourth-order valence-electron chi connectivity index (χ4n) is 2.24. The highest BCUT2D eigenvalue weighted by molar-refractivity contribution is 5.74. The van der Waals surface area contributed by atoms with Crippen LogP contribution in [0.15, 0.2) is 36.5 Å². The molecule has 0 unspecified atom stereocenters. The van der Waals surface area contributed by atoms with Crippen LogP contribution in [0.3, 0.4) is 0 Å². The van der Waals surface area contributed by atoms with Crippen molar-refractivity contribution in [3.8, 4) is 0 Å². The molecule has 1 fully saturated rings. The molecule has 1 aliphatic rings. The molecule has 1 aromatic carbocycles. The number of anilines is 3. The summed E-state index contributed by atoms with van der Waals surface area (Å²) < 4.78 is 0. The zero-order valence-corrected chi connectivity index (χ0v) is 12.2. The number of hydrogen-bond acceptors (Lipinski definition) is 5. The number of carbonyl (C=O) groups is 1. The summed E-state index contributed by atoms with van der Waals surface area (Å²) in [7, 11) is 0. The zero-order chi connectivity index (χ0) is 15.4. The first kappa shape index (κ1) is 14.3. The maximum Gasteiger partial charge on any atom is 0.229 e. The normalized spacial score (nSPS) is 13.6. The summed E-state index contributed by atoms with van der Waals surface area (Å²) in [6, 6.07) is 9.77. The fraction of sp³-hybridized carbons (Fsp3) is 0.312. The van der Waals surface area contributed by atoms with E-state index >= 15 is 0 Å². The van der Waals surface area contributed by atoms with Gasteiger partial charge in [0.1, 0.15) is 5.82 Å². The molecule has 1 aromatic heterocycles. The van der Waals surface area contributed by atoms with Crippen LogP contribution < -0.4 is 16.4 Å². The SMILES string of the molecule is NC(=O)CCNc1nc(Nc2ccccc2)ncc1C1CC1. The number of rotatable bonds is 7. The molecule has 114 valence electrons. The predicted molar refractivity (Wildman–Crippen MR) is 86.0 cm³/mol. The summed E-state index contributed by atoms with van der Waals surface area (Å²) >= 11 is 0. The molecule has 0 radical (unpaired) electrons. The summed E-state index contributed by atoms with van der Waals surface area (Å²) in [4.78, 5) is 19.8. The molecule has 1 heterocycles. The molecule has 1 aliphatic carbocycles. The highest BCUT2D eigenvalue weighted by Crippen LogP contribution is 2.42. The van der Waals surface area contributed by atoms with Crippen LogP contribution in [0.2, 0.25) is 0 Å². The van der Waals surface area contributed by atoms with Gasteiger partial charge in [-0.15, -0.1) is 0 Å². The van der Waals surface area contributed by atoms with Crippen LogP contribution >= 0.6 is 0 Å². The van der Waals surface area contributed by atoms with Gasteiger partial charge in [-0.2, -0.15) is 4.98 Å². The molecular formula is C16H19N5O.